The zero-order chi connectivity index (χ0) is 21.2. The second-order valence-electron chi connectivity index (χ2n) is 7.94. The topological polar surface area (TPSA) is 58.6 Å². The Morgan fingerprint density at radius 3 is 2.03 bits per heavy atom. The van der Waals surface area contributed by atoms with E-state index in [0.29, 0.717) is 17.2 Å². The zero-order valence-electron chi connectivity index (χ0n) is 17.5. The largest absolute Gasteiger partial charge is 0.507 e. The van der Waals surface area contributed by atoms with E-state index in [1.165, 1.54) is 0 Å². The number of hydrogen-bond acceptors (Lipinski definition) is 3. The van der Waals surface area contributed by atoms with Crippen LogP contribution in [0.25, 0.3) is 0 Å². The van der Waals surface area contributed by atoms with E-state index in [1.807, 2.05) is 75.4 Å². The summed E-state index contributed by atoms with van der Waals surface area (Å²) in [5.74, 6) is 0.886. The number of carbonyl (C=O) groups excluding carboxylic acids is 1. The Hall–Kier alpha value is -3.27. The van der Waals surface area contributed by atoms with Crippen molar-refractivity contribution in [2.75, 3.05) is 5.32 Å². The van der Waals surface area contributed by atoms with Crippen molar-refractivity contribution in [1.29, 1.82) is 0 Å². The molecule has 4 heteroatoms. The SMILES string of the molecule is Cc1ccccc1OC(=O)Nc1ccc(C(C)(C)c2cc(C)c(O)c(C)c2)cc1. The van der Waals surface area contributed by atoms with Gasteiger partial charge in [0.05, 0.1) is 0 Å². The summed E-state index contributed by atoms with van der Waals surface area (Å²) < 4.78 is 5.38. The van der Waals surface area contributed by atoms with Gasteiger partial charge in [-0.25, -0.2) is 4.79 Å². The monoisotopic (exact) mass is 389 g/mol. The van der Waals surface area contributed by atoms with Gasteiger partial charge in [0, 0.05) is 11.1 Å². The molecule has 0 bridgehead atoms. The molecule has 0 fully saturated rings. The molecule has 0 saturated heterocycles. The lowest BCUT2D eigenvalue weighted by atomic mass is 9.77. The van der Waals surface area contributed by atoms with Crippen molar-refractivity contribution < 1.29 is 14.6 Å². The third-order valence-electron chi connectivity index (χ3n) is 5.36. The second-order valence-corrected chi connectivity index (χ2v) is 7.94. The smallest absolute Gasteiger partial charge is 0.417 e. The first-order chi connectivity index (χ1) is 13.7. The Kier molecular flexibility index (Phi) is 5.64. The second kappa shape index (κ2) is 8.00. The molecule has 1 amide bonds. The Morgan fingerprint density at radius 1 is 0.862 bits per heavy atom. The van der Waals surface area contributed by atoms with Gasteiger partial charge in [0.2, 0.25) is 0 Å². The predicted octanol–water partition coefficient (Wildman–Crippen LogP) is 6.25. The molecule has 0 aromatic heterocycles. The number of aromatic hydroxyl groups is 1. The number of hydrogen-bond donors (Lipinski definition) is 2. The molecule has 3 rings (SSSR count). The minimum atomic E-state index is -0.518. The van der Waals surface area contributed by atoms with Crippen molar-refractivity contribution >= 4 is 11.8 Å². The molecule has 0 heterocycles. The van der Waals surface area contributed by atoms with E-state index < -0.39 is 6.09 Å². The predicted molar refractivity (Wildman–Crippen MR) is 117 cm³/mol. The molecule has 3 aromatic rings. The summed E-state index contributed by atoms with van der Waals surface area (Å²) in [6, 6.07) is 19.2. The highest BCUT2D eigenvalue weighted by Gasteiger charge is 2.24. The number of phenols is 1. The maximum atomic E-state index is 12.2. The van der Waals surface area contributed by atoms with E-state index in [-0.39, 0.29) is 5.41 Å². The summed E-state index contributed by atoms with van der Waals surface area (Å²) >= 11 is 0. The zero-order valence-corrected chi connectivity index (χ0v) is 17.5. The highest BCUT2D eigenvalue weighted by Crippen LogP contribution is 2.35. The summed E-state index contributed by atoms with van der Waals surface area (Å²) in [5, 5.41) is 12.8. The minimum absolute atomic E-state index is 0.247. The van der Waals surface area contributed by atoms with Gasteiger partial charge in [-0.2, -0.15) is 0 Å². The molecule has 0 spiro atoms. The summed E-state index contributed by atoms with van der Waals surface area (Å²) in [6.45, 7) is 10.0. The van der Waals surface area contributed by atoms with Gasteiger partial charge >= 0.3 is 6.09 Å². The molecule has 0 aliphatic carbocycles. The van der Waals surface area contributed by atoms with Crippen LogP contribution in [0.2, 0.25) is 0 Å². The first kappa shape index (κ1) is 20.5. The molecule has 3 aromatic carbocycles. The fourth-order valence-corrected chi connectivity index (χ4v) is 3.37. The number of ether oxygens (including phenoxy) is 1. The Labute approximate surface area is 172 Å². The number of para-hydroxylation sites is 1. The van der Waals surface area contributed by atoms with Crippen LogP contribution in [0.1, 0.15) is 41.7 Å². The lowest BCUT2D eigenvalue weighted by Gasteiger charge is -2.27. The van der Waals surface area contributed by atoms with Gasteiger partial charge < -0.3 is 9.84 Å². The number of aryl methyl sites for hydroxylation is 3. The van der Waals surface area contributed by atoms with Gasteiger partial charge in [-0.1, -0.05) is 56.3 Å². The molecule has 0 atom stereocenters. The van der Waals surface area contributed by atoms with Gasteiger partial charge in [-0.15, -0.1) is 0 Å². The summed E-state index contributed by atoms with van der Waals surface area (Å²) in [4.78, 5) is 12.2. The van der Waals surface area contributed by atoms with E-state index in [2.05, 4.69) is 19.2 Å². The normalized spacial score (nSPS) is 11.2. The van der Waals surface area contributed by atoms with Crippen LogP contribution >= 0.6 is 0 Å². The Bertz CT molecular complexity index is 1010. The Morgan fingerprint density at radius 2 is 1.45 bits per heavy atom. The molecule has 0 unspecified atom stereocenters. The fourth-order valence-electron chi connectivity index (χ4n) is 3.37. The van der Waals surface area contributed by atoms with Crippen molar-refractivity contribution in [1.82, 2.24) is 0 Å². The van der Waals surface area contributed by atoms with Crippen molar-refractivity contribution in [3.8, 4) is 11.5 Å². The molecule has 29 heavy (non-hydrogen) atoms. The van der Waals surface area contributed by atoms with Crippen LogP contribution in [-0.4, -0.2) is 11.2 Å². The molecule has 0 aliphatic heterocycles. The van der Waals surface area contributed by atoms with Crippen LogP contribution < -0.4 is 10.1 Å². The van der Waals surface area contributed by atoms with Crippen LogP contribution in [0.3, 0.4) is 0 Å². The number of amides is 1. The van der Waals surface area contributed by atoms with Crippen molar-refractivity contribution in [3.63, 3.8) is 0 Å². The number of phenolic OH excluding ortho intramolecular Hbond substituents is 1. The minimum Gasteiger partial charge on any atom is -0.507 e. The van der Waals surface area contributed by atoms with Gasteiger partial charge in [-0.05, 0) is 66.8 Å². The highest BCUT2D eigenvalue weighted by molar-refractivity contribution is 5.86. The molecule has 2 N–H and O–H groups in total. The van der Waals surface area contributed by atoms with Gasteiger partial charge in [0.25, 0.3) is 0 Å². The standard InChI is InChI=1S/C25H27NO3/c1-16-8-6-7-9-22(16)29-24(28)26-21-12-10-19(11-13-21)25(4,5)20-14-17(2)23(27)18(3)15-20/h6-15,27H,1-5H3,(H,26,28). The molecular weight excluding hydrogens is 362 g/mol. The maximum Gasteiger partial charge on any atom is 0.417 e. The van der Waals surface area contributed by atoms with E-state index in [0.717, 1.165) is 27.8 Å². The number of anilines is 1. The summed E-state index contributed by atoms with van der Waals surface area (Å²) in [7, 11) is 0. The van der Waals surface area contributed by atoms with Crippen molar-refractivity contribution in [3.05, 3.63) is 88.5 Å². The quantitative estimate of drug-likeness (QED) is 0.554. The third kappa shape index (κ3) is 4.43. The van der Waals surface area contributed by atoms with Gasteiger partial charge in [0.15, 0.2) is 0 Å². The van der Waals surface area contributed by atoms with Gasteiger partial charge in [0.1, 0.15) is 11.5 Å². The van der Waals surface area contributed by atoms with E-state index in [9.17, 15) is 9.90 Å². The van der Waals surface area contributed by atoms with Crippen LogP contribution in [0.4, 0.5) is 10.5 Å². The first-order valence-corrected chi connectivity index (χ1v) is 9.64. The van der Waals surface area contributed by atoms with Gasteiger partial charge in [-0.3, -0.25) is 5.32 Å². The maximum absolute atomic E-state index is 12.2. The molecule has 0 saturated carbocycles. The fraction of sp³-hybridized carbons (Fsp3) is 0.240. The molecule has 0 aliphatic rings. The average Bonchev–Trinajstić information content (AvgIpc) is 2.68. The van der Waals surface area contributed by atoms with Crippen LogP contribution in [0.15, 0.2) is 60.7 Å². The number of nitrogens with one attached hydrogen (secondary N) is 1. The average molecular weight is 389 g/mol. The van der Waals surface area contributed by atoms with E-state index >= 15 is 0 Å². The lowest BCUT2D eigenvalue weighted by molar-refractivity contribution is 0.215. The first-order valence-electron chi connectivity index (χ1n) is 9.64. The summed E-state index contributed by atoms with van der Waals surface area (Å²) in [6.07, 6.45) is -0.518. The Balaban J connectivity index is 1.75. The number of benzene rings is 3. The van der Waals surface area contributed by atoms with Crippen molar-refractivity contribution in [2.24, 2.45) is 0 Å². The highest BCUT2D eigenvalue weighted by atomic mass is 16.6. The van der Waals surface area contributed by atoms with Crippen LogP contribution in [0.5, 0.6) is 11.5 Å². The molecule has 150 valence electrons. The third-order valence-corrected chi connectivity index (χ3v) is 5.36. The van der Waals surface area contributed by atoms with Crippen LogP contribution in [-0.2, 0) is 5.41 Å². The number of carbonyl (C=O) groups is 1. The summed E-state index contributed by atoms with van der Waals surface area (Å²) in [5.41, 5.74) is 5.30. The van der Waals surface area contributed by atoms with E-state index in [4.69, 9.17) is 4.74 Å². The lowest BCUT2D eigenvalue weighted by Crippen LogP contribution is -2.20. The molecule has 4 nitrogen and oxygen atoms in total. The van der Waals surface area contributed by atoms with Crippen LogP contribution in [0, 0.1) is 20.8 Å². The number of rotatable bonds is 4. The molecular formula is C25H27NO3. The van der Waals surface area contributed by atoms with E-state index in [1.54, 1.807) is 6.07 Å². The molecule has 0 radical (unpaired) electrons. The van der Waals surface area contributed by atoms with Crippen molar-refractivity contribution in [2.45, 2.75) is 40.0 Å².